The molecule has 0 N–H and O–H groups in total. The van der Waals surface area contributed by atoms with Crippen LogP contribution in [0.3, 0.4) is 0 Å². The van der Waals surface area contributed by atoms with Gasteiger partial charge in [-0.3, -0.25) is 0 Å². The zero-order valence-electron chi connectivity index (χ0n) is 5.45. The fourth-order valence-electron chi connectivity index (χ4n) is 0.505. The molecule has 0 heterocycles. The highest BCUT2D eigenvalue weighted by Crippen LogP contribution is 2.38. The summed E-state index contributed by atoms with van der Waals surface area (Å²) in [6, 6.07) is 0. The van der Waals surface area contributed by atoms with Crippen LogP contribution in [0.25, 0.3) is 0 Å². The van der Waals surface area contributed by atoms with Crippen LogP contribution < -0.4 is 0 Å². The molecular formula is C3HF7O2S. The van der Waals surface area contributed by atoms with Crippen molar-refractivity contribution in [2.45, 2.75) is 17.6 Å². The molecule has 0 amide bonds. The van der Waals surface area contributed by atoms with Crippen LogP contribution in [0.1, 0.15) is 0 Å². The number of halogens is 7. The lowest BCUT2D eigenvalue weighted by molar-refractivity contribution is -0.226. The van der Waals surface area contributed by atoms with Crippen molar-refractivity contribution in [2.75, 3.05) is 0 Å². The molecule has 0 atom stereocenters. The van der Waals surface area contributed by atoms with Gasteiger partial charge in [-0.15, -0.1) is 3.89 Å². The first kappa shape index (κ1) is 12.5. The van der Waals surface area contributed by atoms with Crippen molar-refractivity contribution in [1.29, 1.82) is 0 Å². The van der Waals surface area contributed by atoms with E-state index in [0.717, 1.165) is 0 Å². The molecule has 0 fully saturated rings. The maximum atomic E-state index is 11.6. The molecule has 0 bridgehead atoms. The second kappa shape index (κ2) is 3.00. The lowest BCUT2D eigenvalue weighted by atomic mass is 10.4. The Bertz CT molecular complexity index is 257. The van der Waals surface area contributed by atoms with Crippen LogP contribution in [0, 0.1) is 0 Å². The van der Waals surface area contributed by atoms with Crippen molar-refractivity contribution in [3.05, 3.63) is 0 Å². The molecular weight excluding hydrogens is 233 g/mol. The van der Waals surface area contributed by atoms with Crippen molar-refractivity contribution < 1.29 is 38.6 Å². The molecule has 0 aliphatic rings. The Morgan fingerprint density at radius 3 is 1.08 bits per heavy atom. The van der Waals surface area contributed by atoms with E-state index in [9.17, 15) is 38.6 Å². The minimum absolute atomic E-state index is 4.97. The average molecular weight is 234 g/mol. The Labute approximate surface area is 67.5 Å². The molecule has 0 saturated carbocycles. The van der Waals surface area contributed by atoms with E-state index in [0.29, 0.717) is 0 Å². The molecule has 2 nitrogen and oxygen atoms in total. The molecule has 0 spiro atoms. The van der Waals surface area contributed by atoms with E-state index >= 15 is 0 Å². The largest absolute Gasteiger partial charge is 0.417 e. The summed E-state index contributed by atoms with van der Waals surface area (Å²) in [5.41, 5.74) is 0. The summed E-state index contributed by atoms with van der Waals surface area (Å²) in [5, 5.41) is -4.97. The Balaban J connectivity index is 5.28. The smallest absolute Gasteiger partial charge is 0.194 e. The van der Waals surface area contributed by atoms with Crippen LogP contribution in [0.5, 0.6) is 0 Å². The van der Waals surface area contributed by atoms with Gasteiger partial charge in [0.25, 0.3) is 5.25 Å². The minimum Gasteiger partial charge on any atom is -0.194 e. The summed E-state index contributed by atoms with van der Waals surface area (Å²) in [7, 11) is -6.73. The van der Waals surface area contributed by atoms with E-state index in [4.69, 9.17) is 0 Å². The molecule has 0 aromatic heterocycles. The van der Waals surface area contributed by atoms with Crippen molar-refractivity contribution in [2.24, 2.45) is 0 Å². The SMILES string of the molecule is O=S(=O)(F)C(C(F)(F)F)C(F)(F)F. The van der Waals surface area contributed by atoms with Crippen LogP contribution in [-0.2, 0) is 10.2 Å². The zero-order chi connectivity index (χ0) is 11.1. The molecule has 0 aliphatic heterocycles. The lowest BCUT2D eigenvalue weighted by Gasteiger charge is -2.18. The topological polar surface area (TPSA) is 34.1 Å². The molecule has 0 aromatic carbocycles. The highest BCUT2D eigenvalue weighted by atomic mass is 32.3. The van der Waals surface area contributed by atoms with Gasteiger partial charge in [0.1, 0.15) is 0 Å². The van der Waals surface area contributed by atoms with Gasteiger partial charge in [-0.25, -0.2) is 0 Å². The van der Waals surface area contributed by atoms with E-state index < -0.39 is 27.8 Å². The monoisotopic (exact) mass is 234 g/mol. The van der Waals surface area contributed by atoms with Gasteiger partial charge in [0, 0.05) is 0 Å². The van der Waals surface area contributed by atoms with Crippen LogP contribution in [0.4, 0.5) is 30.2 Å². The van der Waals surface area contributed by atoms with Crippen molar-refractivity contribution in [3.8, 4) is 0 Å². The molecule has 0 saturated heterocycles. The first-order valence-corrected chi connectivity index (χ1v) is 3.88. The third-order valence-corrected chi connectivity index (χ3v) is 1.97. The van der Waals surface area contributed by atoms with E-state index in [1.807, 2.05) is 0 Å². The van der Waals surface area contributed by atoms with Crippen LogP contribution in [-0.4, -0.2) is 26.0 Å². The molecule has 0 rings (SSSR count). The molecule has 0 aliphatic carbocycles. The quantitative estimate of drug-likeness (QED) is 0.512. The second-order valence-electron chi connectivity index (χ2n) is 1.94. The highest BCUT2D eigenvalue weighted by molar-refractivity contribution is 7.87. The van der Waals surface area contributed by atoms with Gasteiger partial charge in [0.15, 0.2) is 0 Å². The summed E-state index contributed by atoms with van der Waals surface area (Å²) >= 11 is 0. The molecule has 0 aromatic rings. The van der Waals surface area contributed by atoms with Gasteiger partial charge in [-0.1, -0.05) is 0 Å². The molecule has 80 valence electrons. The van der Waals surface area contributed by atoms with E-state index in [1.54, 1.807) is 0 Å². The molecule has 10 heteroatoms. The summed E-state index contributed by atoms with van der Waals surface area (Å²) in [6.07, 6.45) is -12.4. The van der Waals surface area contributed by atoms with Gasteiger partial charge in [-0.05, 0) is 0 Å². The van der Waals surface area contributed by atoms with Gasteiger partial charge in [-0.2, -0.15) is 34.8 Å². The Hall–Kier alpha value is -0.540. The van der Waals surface area contributed by atoms with Gasteiger partial charge < -0.3 is 0 Å². The number of hydrogen-bond donors (Lipinski definition) is 0. The van der Waals surface area contributed by atoms with Crippen LogP contribution in [0.15, 0.2) is 0 Å². The maximum Gasteiger partial charge on any atom is 0.417 e. The van der Waals surface area contributed by atoms with E-state index in [1.165, 1.54) is 0 Å². The van der Waals surface area contributed by atoms with E-state index in [-0.39, 0.29) is 0 Å². The Morgan fingerprint density at radius 2 is 1.08 bits per heavy atom. The number of hydrogen-bond acceptors (Lipinski definition) is 2. The van der Waals surface area contributed by atoms with Crippen LogP contribution >= 0.6 is 0 Å². The first-order valence-electron chi connectivity index (χ1n) is 2.43. The minimum atomic E-state index is -6.73. The van der Waals surface area contributed by atoms with Crippen molar-refractivity contribution >= 4 is 10.2 Å². The number of alkyl halides is 6. The predicted molar refractivity (Wildman–Crippen MR) is 25.9 cm³/mol. The Morgan fingerprint density at radius 1 is 0.846 bits per heavy atom. The summed E-state index contributed by atoms with van der Waals surface area (Å²) in [5.74, 6) is 0. The predicted octanol–water partition coefficient (Wildman–Crippen LogP) is 1.78. The summed E-state index contributed by atoms with van der Waals surface area (Å²) in [6.45, 7) is 0. The summed E-state index contributed by atoms with van der Waals surface area (Å²) < 4.78 is 98.9. The van der Waals surface area contributed by atoms with Crippen molar-refractivity contribution in [1.82, 2.24) is 0 Å². The molecule has 0 radical (unpaired) electrons. The van der Waals surface area contributed by atoms with E-state index in [2.05, 4.69) is 0 Å². The summed E-state index contributed by atoms with van der Waals surface area (Å²) in [4.78, 5) is 0. The second-order valence-corrected chi connectivity index (χ2v) is 3.36. The van der Waals surface area contributed by atoms with Crippen LogP contribution in [0.2, 0.25) is 0 Å². The third-order valence-electron chi connectivity index (χ3n) is 0.876. The fraction of sp³-hybridized carbons (Fsp3) is 1.00. The molecule has 0 unspecified atom stereocenters. The maximum absolute atomic E-state index is 11.6. The van der Waals surface area contributed by atoms with Gasteiger partial charge in [0.2, 0.25) is 0 Å². The zero-order valence-corrected chi connectivity index (χ0v) is 6.26. The van der Waals surface area contributed by atoms with Crippen molar-refractivity contribution in [3.63, 3.8) is 0 Å². The normalized spacial score (nSPS) is 15.1. The lowest BCUT2D eigenvalue weighted by Crippen LogP contribution is -2.46. The third kappa shape index (κ3) is 3.36. The van der Waals surface area contributed by atoms with Gasteiger partial charge >= 0.3 is 22.6 Å². The van der Waals surface area contributed by atoms with Gasteiger partial charge in [0.05, 0.1) is 0 Å². The average Bonchev–Trinajstić information content (AvgIpc) is 1.44. The highest BCUT2D eigenvalue weighted by Gasteiger charge is 2.64. The fourth-order valence-corrected chi connectivity index (χ4v) is 1.14. The Kier molecular flexibility index (Phi) is 2.87. The number of rotatable bonds is 1. The molecule has 13 heavy (non-hydrogen) atoms. The standard InChI is InChI=1S/C3HF7O2S/c4-2(5,6)1(3(7,8)9)13(10,11)12/h1H. The first-order chi connectivity index (χ1) is 5.37.